The van der Waals surface area contributed by atoms with Crippen molar-refractivity contribution in [3.05, 3.63) is 91.1 Å². The molecule has 0 amide bonds. The number of hydrogen-bond donors (Lipinski definition) is 1. The summed E-state index contributed by atoms with van der Waals surface area (Å²) < 4.78 is 61.2. The Balaban J connectivity index is 1.82. The Kier molecular flexibility index (Phi) is 9.22. The van der Waals surface area contributed by atoms with E-state index in [9.17, 15) is 36.3 Å². The maximum Gasteiger partial charge on any atom is 0.336 e. The van der Waals surface area contributed by atoms with Crippen LogP contribution in [0.4, 0.5) is 0 Å². The Morgan fingerprint density at radius 1 is 0.605 bits per heavy atom. The monoisotopic (exact) mass is 569 g/mol. The van der Waals surface area contributed by atoms with Crippen LogP contribution in [-0.2, 0) is 48.2 Å². The topological polar surface area (TPSA) is 173 Å². The molecule has 206 valence electrons. The summed E-state index contributed by atoms with van der Waals surface area (Å²) in [6.07, 6.45) is 0. The van der Waals surface area contributed by atoms with Crippen molar-refractivity contribution in [2.75, 3.05) is 19.8 Å². The van der Waals surface area contributed by atoms with Gasteiger partial charge in [-0.15, -0.1) is 0 Å². The van der Waals surface area contributed by atoms with Gasteiger partial charge in [-0.3, -0.25) is 8.37 Å². The van der Waals surface area contributed by atoms with Crippen molar-refractivity contribution in [3.63, 3.8) is 0 Å². The van der Waals surface area contributed by atoms with Crippen LogP contribution in [0.25, 0.3) is 0 Å². The minimum Gasteiger partial charge on any atom is -0.395 e. The second-order valence-electron chi connectivity index (χ2n) is 8.20. The van der Waals surface area contributed by atoms with E-state index in [0.717, 1.165) is 11.1 Å². The third-order valence-electron chi connectivity index (χ3n) is 5.44. The van der Waals surface area contributed by atoms with Gasteiger partial charge < -0.3 is 5.11 Å². The molecule has 3 aromatic rings. The van der Waals surface area contributed by atoms with E-state index < -0.39 is 76.8 Å². The van der Waals surface area contributed by atoms with Gasteiger partial charge in [0.05, 0.1) is 49.2 Å². The van der Waals surface area contributed by atoms with Crippen molar-refractivity contribution in [3.8, 4) is 0 Å². The number of aliphatic hydroxyl groups excluding tert-OH is 1. The zero-order valence-corrected chi connectivity index (χ0v) is 22.3. The van der Waals surface area contributed by atoms with Gasteiger partial charge in [-0.25, -0.2) is 28.1 Å². The Morgan fingerprint density at radius 2 is 0.921 bits per heavy atom. The van der Waals surface area contributed by atoms with Crippen LogP contribution >= 0.6 is 0 Å². The van der Waals surface area contributed by atoms with Gasteiger partial charge >= 0.3 is 17.1 Å². The van der Waals surface area contributed by atoms with Crippen LogP contribution in [0.15, 0.2) is 72.7 Å². The van der Waals surface area contributed by atoms with Crippen LogP contribution in [0.3, 0.4) is 0 Å². The fraction of sp³-hybridized carbons (Fsp3) is 0.348. The summed E-state index contributed by atoms with van der Waals surface area (Å²) in [5.74, 6) is 0. The zero-order valence-electron chi connectivity index (χ0n) is 20.6. The molecular weight excluding hydrogens is 542 g/mol. The quantitative estimate of drug-likeness (QED) is 0.283. The second kappa shape index (κ2) is 12.0. The molecule has 0 unspecified atom stereocenters. The highest BCUT2D eigenvalue weighted by molar-refractivity contribution is 7.87. The van der Waals surface area contributed by atoms with Gasteiger partial charge in [0.25, 0.3) is 20.2 Å². The average molecular weight is 570 g/mol. The fourth-order valence-corrected chi connectivity index (χ4v) is 5.18. The van der Waals surface area contributed by atoms with Gasteiger partial charge in [0.1, 0.15) is 0 Å². The Hall–Kier alpha value is -3.37. The van der Waals surface area contributed by atoms with Crippen molar-refractivity contribution in [1.82, 2.24) is 13.7 Å². The second-order valence-corrected chi connectivity index (χ2v) is 11.4. The summed E-state index contributed by atoms with van der Waals surface area (Å²) in [6, 6.07) is 11.7. The Morgan fingerprint density at radius 3 is 1.24 bits per heavy atom. The zero-order chi connectivity index (χ0) is 28.1. The fourth-order valence-electron chi connectivity index (χ4n) is 3.38. The first-order valence-corrected chi connectivity index (χ1v) is 14.2. The van der Waals surface area contributed by atoms with Crippen LogP contribution in [0, 0.1) is 13.8 Å². The molecule has 0 aliphatic rings. The van der Waals surface area contributed by atoms with Crippen LogP contribution in [0.1, 0.15) is 11.1 Å². The van der Waals surface area contributed by atoms with E-state index >= 15 is 0 Å². The van der Waals surface area contributed by atoms with Gasteiger partial charge in [0, 0.05) is 0 Å². The minimum atomic E-state index is -4.19. The van der Waals surface area contributed by atoms with E-state index in [2.05, 4.69) is 0 Å². The molecule has 0 aliphatic carbocycles. The molecule has 38 heavy (non-hydrogen) atoms. The molecule has 0 radical (unpaired) electrons. The number of rotatable bonds is 12. The summed E-state index contributed by atoms with van der Waals surface area (Å²) in [4.78, 5) is 38.2. The molecule has 1 aromatic heterocycles. The third-order valence-corrected chi connectivity index (χ3v) is 8.09. The maximum absolute atomic E-state index is 12.9. The van der Waals surface area contributed by atoms with Crippen molar-refractivity contribution >= 4 is 20.2 Å². The summed E-state index contributed by atoms with van der Waals surface area (Å²) in [6.45, 7) is 0.181. The Labute approximate surface area is 218 Å². The number of hydrogen-bond acceptors (Lipinski definition) is 10. The molecule has 0 aliphatic heterocycles. The lowest BCUT2D eigenvalue weighted by Crippen LogP contribution is -2.55. The molecule has 0 fully saturated rings. The maximum atomic E-state index is 12.9. The average Bonchev–Trinajstić information content (AvgIpc) is 2.86. The smallest absolute Gasteiger partial charge is 0.336 e. The number of benzene rings is 2. The molecule has 13 nitrogen and oxygen atoms in total. The van der Waals surface area contributed by atoms with E-state index in [1.165, 1.54) is 24.3 Å². The standard InChI is InChI=1S/C23H27N3O10S2/c1-17-3-7-19(8-4-17)37(31,32)35-15-12-25-21(28)24(11-14-27)22(29)26(23(25)30)13-16-36-38(33,34)20-9-5-18(2)6-10-20/h3-10,27H,11-16H2,1-2H3. The molecule has 0 atom stereocenters. The van der Waals surface area contributed by atoms with E-state index in [1.807, 2.05) is 0 Å². The highest BCUT2D eigenvalue weighted by atomic mass is 32.2. The van der Waals surface area contributed by atoms with Gasteiger partial charge in [-0.2, -0.15) is 16.8 Å². The molecule has 2 aromatic carbocycles. The van der Waals surface area contributed by atoms with E-state index in [1.54, 1.807) is 38.1 Å². The molecule has 0 spiro atoms. The molecule has 1 heterocycles. The van der Waals surface area contributed by atoms with Crippen LogP contribution < -0.4 is 17.1 Å². The number of nitrogens with zero attached hydrogens (tertiary/aromatic N) is 3. The summed E-state index contributed by atoms with van der Waals surface area (Å²) in [5, 5.41) is 9.27. The molecular formula is C23H27N3O10S2. The lowest BCUT2D eigenvalue weighted by molar-refractivity contribution is 0.252. The van der Waals surface area contributed by atoms with E-state index in [-0.39, 0.29) is 9.79 Å². The van der Waals surface area contributed by atoms with Crippen LogP contribution in [0.5, 0.6) is 0 Å². The molecule has 0 saturated heterocycles. The van der Waals surface area contributed by atoms with Gasteiger partial charge in [-0.1, -0.05) is 35.4 Å². The summed E-state index contributed by atoms with van der Waals surface area (Å²) >= 11 is 0. The lowest BCUT2D eigenvalue weighted by atomic mass is 10.2. The first-order valence-electron chi connectivity index (χ1n) is 11.3. The largest absolute Gasteiger partial charge is 0.395 e. The van der Waals surface area contributed by atoms with Gasteiger partial charge in [-0.05, 0) is 38.1 Å². The normalized spacial score (nSPS) is 12.1. The molecule has 3 rings (SSSR count). The highest BCUT2D eigenvalue weighted by Crippen LogP contribution is 2.14. The molecule has 0 saturated carbocycles. The van der Waals surface area contributed by atoms with Crippen molar-refractivity contribution < 1.29 is 30.3 Å². The predicted molar refractivity (Wildman–Crippen MR) is 135 cm³/mol. The lowest BCUT2D eigenvalue weighted by Gasteiger charge is -2.14. The third kappa shape index (κ3) is 6.73. The van der Waals surface area contributed by atoms with Crippen LogP contribution in [-0.4, -0.2) is 55.5 Å². The predicted octanol–water partition coefficient (Wildman–Crippen LogP) is -0.408. The van der Waals surface area contributed by atoms with Crippen molar-refractivity contribution in [2.24, 2.45) is 0 Å². The number of aryl methyl sites for hydroxylation is 2. The van der Waals surface area contributed by atoms with E-state index in [0.29, 0.717) is 13.7 Å². The highest BCUT2D eigenvalue weighted by Gasteiger charge is 2.20. The summed E-state index contributed by atoms with van der Waals surface area (Å²) in [5.41, 5.74) is -1.64. The molecule has 1 N–H and O–H groups in total. The Bertz CT molecular complexity index is 1550. The number of aliphatic hydroxyl groups is 1. The summed E-state index contributed by atoms with van der Waals surface area (Å²) in [7, 11) is -8.38. The first-order chi connectivity index (χ1) is 17.9. The number of aromatic nitrogens is 3. The SMILES string of the molecule is Cc1ccc(S(=O)(=O)OCCn2c(=O)n(CCO)c(=O)n(CCOS(=O)(=O)c3ccc(C)cc3)c2=O)cc1. The first kappa shape index (κ1) is 29.2. The van der Waals surface area contributed by atoms with Gasteiger partial charge in [0.2, 0.25) is 0 Å². The molecule has 15 heteroatoms. The molecule has 0 bridgehead atoms. The van der Waals surface area contributed by atoms with Crippen molar-refractivity contribution in [2.45, 2.75) is 43.3 Å². The van der Waals surface area contributed by atoms with E-state index in [4.69, 9.17) is 8.37 Å². The van der Waals surface area contributed by atoms with Gasteiger partial charge in [0.15, 0.2) is 0 Å². The van der Waals surface area contributed by atoms with Crippen LogP contribution in [0.2, 0.25) is 0 Å². The minimum absolute atomic E-state index is 0.120. The van der Waals surface area contributed by atoms with Crippen molar-refractivity contribution in [1.29, 1.82) is 0 Å².